The molecule has 1 aliphatic rings. The second kappa shape index (κ2) is 7.10. The van der Waals surface area contributed by atoms with Crippen LogP contribution in [0.1, 0.15) is 18.4 Å². The van der Waals surface area contributed by atoms with E-state index in [1.165, 1.54) is 12.5 Å². The van der Waals surface area contributed by atoms with Crippen molar-refractivity contribution in [2.45, 2.75) is 30.7 Å². The molecule has 2 N–H and O–H groups in total. The maximum atomic E-state index is 13.1. The van der Waals surface area contributed by atoms with Gasteiger partial charge in [-0.2, -0.15) is 0 Å². The van der Waals surface area contributed by atoms with Gasteiger partial charge in [-0.15, -0.1) is 0 Å². The Morgan fingerprint density at radius 2 is 1.89 bits per heavy atom. The zero-order valence-corrected chi connectivity index (χ0v) is 16.4. The van der Waals surface area contributed by atoms with Gasteiger partial charge in [0.25, 0.3) is 10.0 Å². The van der Waals surface area contributed by atoms with Crippen molar-refractivity contribution in [1.82, 2.24) is 19.3 Å². The Bertz CT molecular complexity index is 1070. The van der Waals surface area contributed by atoms with Gasteiger partial charge in [0.05, 0.1) is 15.3 Å². The summed E-state index contributed by atoms with van der Waals surface area (Å²) in [6.07, 6.45) is 4.68. The van der Waals surface area contributed by atoms with Crippen LogP contribution in [0, 0.1) is 6.92 Å². The molecule has 1 aliphatic heterocycles. The average molecular weight is 406 g/mol. The molecule has 0 radical (unpaired) electrons. The summed E-state index contributed by atoms with van der Waals surface area (Å²) in [5.74, 6) is 0.565. The lowest BCUT2D eigenvalue weighted by Gasteiger charge is -2.24. The van der Waals surface area contributed by atoms with Crippen LogP contribution >= 0.6 is 11.6 Å². The van der Waals surface area contributed by atoms with Gasteiger partial charge in [-0.25, -0.2) is 22.4 Å². The number of nitrogens with zero attached hydrogens (tertiary/aromatic N) is 3. The molecule has 9 heteroatoms. The van der Waals surface area contributed by atoms with Crippen LogP contribution in [-0.2, 0) is 10.0 Å². The van der Waals surface area contributed by atoms with Crippen molar-refractivity contribution in [3.63, 3.8) is 0 Å². The molecule has 1 saturated heterocycles. The number of rotatable bonds is 4. The SMILES string of the molecule is Cc1ccc(S(=O)(=O)n2cc(Cl)c3c(NC4CCNCC4)ncnc32)cc1. The van der Waals surface area contributed by atoms with Crippen molar-refractivity contribution in [2.75, 3.05) is 18.4 Å². The summed E-state index contributed by atoms with van der Waals surface area (Å²) in [5, 5.41) is 7.53. The van der Waals surface area contributed by atoms with E-state index in [4.69, 9.17) is 11.6 Å². The van der Waals surface area contributed by atoms with E-state index in [0.29, 0.717) is 16.2 Å². The molecule has 0 saturated carbocycles. The number of piperidine rings is 1. The van der Waals surface area contributed by atoms with Gasteiger partial charge in [0.2, 0.25) is 0 Å². The molecule has 4 rings (SSSR count). The van der Waals surface area contributed by atoms with Crippen LogP contribution in [0.5, 0.6) is 0 Å². The van der Waals surface area contributed by atoms with Gasteiger partial charge in [-0.3, -0.25) is 0 Å². The fourth-order valence-corrected chi connectivity index (χ4v) is 4.91. The maximum Gasteiger partial charge on any atom is 0.269 e. The minimum atomic E-state index is -3.81. The lowest BCUT2D eigenvalue weighted by atomic mass is 10.1. The topological polar surface area (TPSA) is 88.9 Å². The highest BCUT2D eigenvalue weighted by Gasteiger charge is 2.24. The second-order valence-electron chi connectivity index (χ2n) is 6.68. The van der Waals surface area contributed by atoms with Gasteiger partial charge in [0.15, 0.2) is 5.65 Å². The van der Waals surface area contributed by atoms with Crippen LogP contribution in [0.15, 0.2) is 41.7 Å². The average Bonchev–Trinajstić information content (AvgIpc) is 3.02. The van der Waals surface area contributed by atoms with Gasteiger partial charge in [-0.1, -0.05) is 29.3 Å². The van der Waals surface area contributed by atoms with Gasteiger partial charge >= 0.3 is 0 Å². The molecule has 3 heterocycles. The van der Waals surface area contributed by atoms with Crippen molar-refractivity contribution in [3.05, 3.63) is 47.4 Å². The Morgan fingerprint density at radius 1 is 1.19 bits per heavy atom. The third-order valence-electron chi connectivity index (χ3n) is 4.76. The minimum Gasteiger partial charge on any atom is -0.367 e. The number of hydrogen-bond donors (Lipinski definition) is 2. The molecule has 0 bridgehead atoms. The smallest absolute Gasteiger partial charge is 0.269 e. The highest BCUT2D eigenvalue weighted by molar-refractivity contribution is 7.90. The van der Waals surface area contributed by atoms with E-state index >= 15 is 0 Å². The number of aromatic nitrogens is 3. The van der Waals surface area contributed by atoms with Gasteiger partial charge in [0, 0.05) is 12.2 Å². The molecule has 0 spiro atoms. The molecule has 1 fully saturated rings. The molecular formula is C18H20ClN5O2S. The van der Waals surface area contributed by atoms with Crippen molar-refractivity contribution < 1.29 is 8.42 Å². The number of aryl methyl sites for hydroxylation is 1. The summed E-state index contributed by atoms with van der Waals surface area (Å²) in [6.45, 7) is 3.77. The van der Waals surface area contributed by atoms with Crippen LogP contribution in [0.4, 0.5) is 5.82 Å². The fourth-order valence-electron chi connectivity index (χ4n) is 3.27. The summed E-state index contributed by atoms with van der Waals surface area (Å²) >= 11 is 6.40. The first-order chi connectivity index (χ1) is 13.0. The summed E-state index contributed by atoms with van der Waals surface area (Å²) in [6, 6.07) is 6.95. The molecule has 2 aromatic heterocycles. The summed E-state index contributed by atoms with van der Waals surface area (Å²) < 4.78 is 27.3. The molecule has 1 aromatic carbocycles. The number of fused-ring (bicyclic) bond motifs is 1. The van der Waals surface area contributed by atoms with Crippen LogP contribution < -0.4 is 10.6 Å². The molecule has 7 nitrogen and oxygen atoms in total. The predicted octanol–water partition coefficient (Wildman–Crippen LogP) is 2.79. The van der Waals surface area contributed by atoms with E-state index < -0.39 is 10.0 Å². The maximum absolute atomic E-state index is 13.1. The van der Waals surface area contributed by atoms with E-state index in [9.17, 15) is 8.42 Å². The fraction of sp³-hybridized carbons (Fsp3) is 0.333. The minimum absolute atomic E-state index is 0.188. The molecule has 3 aromatic rings. The van der Waals surface area contributed by atoms with Gasteiger partial charge in [-0.05, 0) is 45.0 Å². The van der Waals surface area contributed by atoms with Crippen molar-refractivity contribution in [2.24, 2.45) is 0 Å². The lowest BCUT2D eigenvalue weighted by molar-refractivity contribution is 0.478. The Hall–Kier alpha value is -2.16. The largest absolute Gasteiger partial charge is 0.367 e. The van der Waals surface area contributed by atoms with Crippen LogP contribution in [0.2, 0.25) is 5.02 Å². The predicted molar refractivity (Wildman–Crippen MR) is 106 cm³/mol. The quantitative estimate of drug-likeness (QED) is 0.693. The lowest BCUT2D eigenvalue weighted by Crippen LogP contribution is -2.35. The first-order valence-electron chi connectivity index (χ1n) is 8.78. The van der Waals surface area contributed by atoms with Crippen LogP contribution in [0.25, 0.3) is 11.0 Å². The Labute approximate surface area is 162 Å². The molecule has 142 valence electrons. The molecule has 0 aliphatic carbocycles. The zero-order valence-electron chi connectivity index (χ0n) is 14.8. The van der Waals surface area contributed by atoms with Crippen molar-refractivity contribution >= 4 is 38.5 Å². The molecule has 0 unspecified atom stereocenters. The number of nitrogens with one attached hydrogen (secondary N) is 2. The molecule has 0 atom stereocenters. The van der Waals surface area contributed by atoms with Crippen LogP contribution in [-0.4, -0.2) is 41.5 Å². The number of benzene rings is 1. The monoisotopic (exact) mass is 405 g/mol. The summed E-state index contributed by atoms with van der Waals surface area (Å²) in [4.78, 5) is 8.70. The molecule has 27 heavy (non-hydrogen) atoms. The number of halogens is 1. The highest BCUT2D eigenvalue weighted by atomic mass is 35.5. The van der Waals surface area contributed by atoms with Crippen molar-refractivity contribution in [3.8, 4) is 0 Å². The highest BCUT2D eigenvalue weighted by Crippen LogP contribution is 2.32. The Morgan fingerprint density at radius 3 is 2.59 bits per heavy atom. The Kier molecular flexibility index (Phi) is 4.79. The summed E-state index contributed by atoms with van der Waals surface area (Å²) in [5.41, 5.74) is 1.26. The van der Waals surface area contributed by atoms with Crippen molar-refractivity contribution in [1.29, 1.82) is 0 Å². The molecule has 0 amide bonds. The van der Waals surface area contributed by atoms with E-state index in [2.05, 4.69) is 20.6 Å². The van der Waals surface area contributed by atoms with E-state index in [1.807, 2.05) is 6.92 Å². The molecular weight excluding hydrogens is 386 g/mol. The Balaban J connectivity index is 1.79. The van der Waals surface area contributed by atoms with Gasteiger partial charge < -0.3 is 10.6 Å². The summed E-state index contributed by atoms with van der Waals surface area (Å²) in [7, 11) is -3.81. The standard InChI is InChI=1S/C18H20ClN5O2S/c1-12-2-4-14(5-3-12)27(25,26)24-10-15(19)16-17(21-11-22-18(16)24)23-13-6-8-20-9-7-13/h2-5,10-11,13,20H,6-9H2,1H3,(H,21,22,23). The second-order valence-corrected chi connectivity index (χ2v) is 8.90. The third-order valence-corrected chi connectivity index (χ3v) is 6.71. The number of anilines is 1. The van der Waals surface area contributed by atoms with Gasteiger partial charge in [0.1, 0.15) is 12.1 Å². The normalized spacial score (nSPS) is 15.9. The van der Waals surface area contributed by atoms with E-state index in [-0.39, 0.29) is 16.6 Å². The van der Waals surface area contributed by atoms with E-state index in [0.717, 1.165) is 35.5 Å². The third kappa shape index (κ3) is 3.40. The van der Waals surface area contributed by atoms with E-state index in [1.54, 1.807) is 24.3 Å². The number of hydrogen-bond acceptors (Lipinski definition) is 6. The van der Waals surface area contributed by atoms with Crippen LogP contribution in [0.3, 0.4) is 0 Å². The first-order valence-corrected chi connectivity index (χ1v) is 10.6. The zero-order chi connectivity index (χ0) is 19.0. The first kappa shape index (κ1) is 18.2.